The maximum Gasteiger partial charge on any atom is 0.309 e. The van der Waals surface area contributed by atoms with Gasteiger partial charge in [0.1, 0.15) is 11.9 Å². The van der Waals surface area contributed by atoms with Gasteiger partial charge in [-0.15, -0.1) is 0 Å². The van der Waals surface area contributed by atoms with E-state index < -0.39 is 0 Å². The first-order valence-electron chi connectivity index (χ1n) is 10.4. The molecule has 2 saturated carbocycles. The summed E-state index contributed by atoms with van der Waals surface area (Å²) < 4.78 is 16.9. The summed E-state index contributed by atoms with van der Waals surface area (Å²) in [6.45, 7) is 7.95. The second-order valence-corrected chi connectivity index (χ2v) is 8.77. The smallest absolute Gasteiger partial charge is 0.309 e. The molecule has 5 atom stereocenters. The molecule has 2 aliphatic carbocycles. The van der Waals surface area contributed by atoms with Crippen molar-refractivity contribution in [3.8, 4) is 5.75 Å². The molecule has 2 fully saturated rings. The molecule has 4 heteroatoms. The lowest BCUT2D eigenvalue weighted by atomic mass is 9.75. The number of methoxy groups -OCH3 is 1. The topological polar surface area (TPSA) is 44.8 Å². The van der Waals surface area contributed by atoms with Crippen molar-refractivity contribution in [2.45, 2.75) is 59.2 Å². The third kappa shape index (κ3) is 5.47. The largest absolute Gasteiger partial charge is 0.497 e. The molecule has 27 heavy (non-hydrogen) atoms. The summed E-state index contributed by atoms with van der Waals surface area (Å²) in [5.74, 6) is 2.92. The molecule has 0 radical (unpaired) electrons. The third-order valence-corrected chi connectivity index (χ3v) is 6.21. The van der Waals surface area contributed by atoms with Gasteiger partial charge < -0.3 is 14.2 Å². The molecule has 1 aromatic rings. The van der Waals surface area contributed by atoms with E-state index in [1.165, 1.54) is 12.8 Å². The Balaban J connectivity index is 1.40. The number of hydrogen-bond acceptors (Lipinski definition) is 4. The van der Waals surface area contributed by atoms with Crippen LogP contribution in [0, 0.1) is 29.6 Å². The quantitative estimate of drug-likeness (QED) is 0.610. The second-order valence-electron chi connectivity index (χ2n) is 8.77. The fraction of sp³-hybridized carbons (Fsp3) is 0.696. The van der Waals surface area contributed by atoms with E-state index in [-0.39, 0.29) is 18.0 Å². The lowest BCUT2D eigenvalue weighted by Gasteiger charge is -2.36. The van der Waals surface area contributed by atoms with Crippen LogP contribution in [0.1, 0.15) is 52.0 Å². The summed E-state index contributed by atoms with van der Waals surface area (Å²) in [7, 11) is 1.66. The first kappa shape index (κ1) is 20.2. The Bertz CT molecular complexity index is 609. The van der Waals surface area contributed by atoms with Gasteiger partial charge in [-0.2, -0.15) is 0 Å². The second kappa shape index (κ2) is 9.09. The van der Waals surface area contributed by atoms with E-state index in [1.807, 2.05) is 24.3 Å². The molecular weight excluding hydrogens is 340 g/mol. The standard InChI is InChI=1S/C23H34O4/c1-15(2)20-10-5-16(3)11-22(20)27-23(24)21-12-18(21)14-26-13-17-6-8-19(25-4)9-7-17/h6-9,15-16,18,20-22H,5,10-14H2,1-4H3. The van der Waals surface area contributed by atoms with Gasteiger partial charge in [0, 0.05) is 0 Å². The molecule has 1 aromatic carbocycles. The van der Waals surface area contributed by atoms with Crippen LogP contribution in [-0.2, 0) is 20.9 Å². The zero-order valence-corrected chi connectivity index (χ0v) is 17.1. The summed E-state index contributed by atoms with van der Waals surface area (Å²) >= 11 is 0. The molecule has 0 saturated heterocycles. The highest BCUT2D eigenvalue weighted by Gasteiger charge is 2.46. The molecule has 4 nitrogen and oxygen atoms in total. The molecule has 0 spiro atoms. The number of carbonyl (C=O) groups is 1. The minimum absolute atomic E-state index is 0.00204. The van der Waals surface area contributed by atoms with Gasteiger partial charge in [0.25, 0.3) is 0 Å². The predicted octanol–water partition coefficient (Wildman–Crippen LogP) is 4.85. The average molecular weight is 375 g/mol. The van der Waals surface area contributed by atoms with Crippen LogP contribution in [0.3, 0.4) is 0 Å². The summed E-state index contributed by atoms with van der Waals surface area (Å²) in [5.41, 5.74) is 1.12. The highest BCUT2D eigenvalue weighted by molar-refractivity contribution is 5.76. The minimum atomic E-state index is -0.00204. The van der Waals surface area contributed by atoms with Crippen LogP contribution in [0.25, 0.3) is 0 Å². The zero-order chi connectivity index (χ0) is 19.4. The maximum absolute atomic E-state index is 12.6. The van der Waals surface area contributed by atoms with Crippen molar-refractivity contribution in [3.05, 3.63) is 29.8 Å². The third-order valence-electron chi connectivity index (χ3n) is 6.21. The van der Waals surface area contributed by atoms with Crippen LogP contribution in [0.2, 0.25) is 0 Å². The van der Waals surface area contributed by atoms with Crippen LogP contribution in [-0.4, -0.2) is 25.8 Å². The van der Waals surface area contributed by atoms with Crippen molar-refractivity contribution in [2.75, 3.05) is 13.7 Å². The predicted molar refractivity (Wildman–Crippen MR) is 105 cm³/mol. The molecule has 5 unspecified atom stereocenters. The van der Waals surface area contributed by atoms with E-state index in [0.717, 1.165) is 24.2 Å². The van der Waals surface area contributed by atoms with Gasteiger partial charge in [0.2, 0.25) is 0 Å². The molecule has 0 aromatic heterocycles. The van der Waals surface area contributed by atoms with Crippen molar-refractivity contribution in [2.24, 2.45) is 29.6 Å². The van der Waals surface area contributed by atoms with Crippen molar-refractivity contribution in [1.82, 2.24) is 0 Å². The summed E-state index contributed by atoms with van der Waals surface area (Å²) in [4.78, 5) is 12.6. The molecule has 2 aliphatic rings. The molecule has 0 heterocycles. The van der Waals surface area contributed by atoms with Crippen molar-refractivity contribution in [3.63, 3.8) is 0 Å². The highest BCUT2D eigenvalue weighted by Crippen LogP contribution is 2.42. The van der Waals surface area contributed by atoms with Crippen LogP contribution in [0.4, 0.5) is 0 Å². The molecule has 0 amide bonds. The molecule has 0 bridgehead atoms. The van der Waals surface area contributed by atoms with Crippen molar-refractivity contribution < 1.29 is 19.0 Å². The number of esters is 1. The monoisotopic (exact) mass is 374 g/mol. The minimum Gasteiger partial charge on any atom is -0.497 e. The van der Waals surface area contributed by atoms with E-state index in [2.05, 4.69) is 20.8 Å². The van der Waals surface area contributed by atoms with E-state index in [4.69, 9.17) is 14.2 Å². The van der Waals surface area contributed by atoms with Gasteiger partial charge in [-0.05, 0) is 60.6 Å². The Kier molecular flexibility index (Phi) is 6.80. The van der Waals surface area contributed by atoms with Crippen LogP contribution >= 0.6 is 0 Å². The SMILES string of the molecule is COc1ccc(COCC2CC2C(=O)OC2CC(C)CCC2C(C)C)cc1. The highest BCUT2D eigenvalue weighted by atomic mass is 16.5. The van der Waals surface area contributed by atoms with Crippen molar-refractivity contribution >= 4 is 5.97 Å². The summed E-state index contributed by atoms with van der Waals surface area (Å²) in [5, 5.41) is 0. The van der Waals surface area contributed by atoms with Gasteiger partial charge in [0.05, 0.1) is 26.2 Å². The van der Waals surface area contributed by atoms with Crippen LogP contribution in [0.5, 0.6) is 5.75 Å². The Hall–Kier alpha value is -1.55. The van der Waals surface area contributed by atoms with E-state index in [0.29, 0.717) is 36.9 Å². The number of benzene rings is 1. The van der Waals surface area contributed by atoms with Crippen molar-refractivity contribution in [1.29, 1.82) is 0 Å². The number of hydrogen-bond donors (Lipinski definition) is 0. The first-order chi connectivity index (χ1) is 13.0. The van der Waals surface area contributed by atoms with E-state index in [9.17, 15) is 4.79 Å². The lowest BCUT2D eigenvalue weighted by Crippen LogP contribution is -2.36. The molecule has 150 valence electrons. The van der Waals surface area contributed by atoms with E-state index >= 15 is 0 Å². The molecular formula is C23H34O4. The van der Waals surface area contributed by atoms with Gasteiger partial charge in [0.15, 0.2) is 0 Å². The fourth-order valence-corrected chi connectivity index (χ4v) is 4.26. The Morgan fingerprint density at radius 1 is 1.15 bits per heavy atom. The van der Waals surface area contributed by atoms with Gasteiger partial charge >= 0.3 is 5.97 Å². The van der Waals surface area contributed by atoms with Gasteiger partial charge in [-0.1, -0.05) is 39.3 Å². The van der Waals surface area contributed by atoms with Gasteiger partial charge in [-0.25, -0.2) is 0 Å². The lowest BCUT2D eigenvalue weighted by molar-refractivity contribution is -0.158. The number of rotatable bonds is 8. The molecule has 0 aliphatic heterocycles. The Morgan fingerprint density at radius 2 is 1.89 bits per heavy atom. The van der Waals surface area contributed by atoms with Gasteiger partial charge in [-0.3, -0.25) is 4.79 Å². The van der Waals surface area contributed by atoms with Crippen LogP contribution < -0.4 is 4.74 Å². The fourth-order valence-electron chi connectivity index (χ4n) is 4.26. The number of carbonyl (C=O) groups excluding carboxylic acids is 1. The average Bonchev–Trinajstić information content (AvgIpc) is 3.42. The molecule has 3 rings (SSSR count). The zero-order valence-electron chi connectivity index (χ0n) is 17.1. The Labute approximate surface area is 163 Å². The maximum atomic E-state index is 12.6. The Morgan fingerprint density at radius 3 is 2.56 bits per heavy atom. The summed E-state index contributed by atoms with van der Waals surface area (Å²) in [6.07, 6.45) is 4.44. The van der Waals surface area contributed by atoms with E-state index in [1.54, 1.807) is 7.11 Å². The normalized spacial score (nSPS) is 30.2. The van der Waals surface area contributed by atoms with Crippen LogP contribution in [0.15, 0.2) is 24.3 Å². The summed E-state index contributed by atoms with van der Waals surface area (Å²) in [6, 6.07) is 7.89. The number of ether oxygens (including phenoxy) is 3. The molecule has 0 N–H and O–H groups in total. The first-order valence-corrected chi connectivity index (χ1v) is 10.4.